The third-order valence-electron chi connectivity index (χ3n) is 5.19. The van der Waals surface area contributed by atoms with Crippen LogP contribution in [0.5, 0.6) is 0 Å². The number of likely N-dealkylation sites (tertiary alicyclic amines) is 1. The summed E-state index contributed by atoms with van der Waals surface area (Å²) in [6.07, 6.45) is 7.43. The molecule has 2 aliphatic heterocycles. The van der Waals surface area contributed by atoms with Crippen LogP contribution in [0.2, 0.25) is 0 Å². The molecule has 1 atom stereocenters. The number of amides is 2. The van der Waals surface area contributed by atoms with Crippen molar-refractivity contribution in [3.8, 4) is 0 Å². The Morgan fingerprint density at radius 2 is 2.19 bits per heavy atom. The van der Waals surface area contributed by atoms with Crippen LogP contribution in [0.25, 0.3) is 0 Å². The molecular formula is C18H23N5O3. The van der Waals surface area contributed by atoms with Crippen LogP contribution in [0.3, 0.4) is 0 Å². The summed E-state index contributed by atoms with van der Waals surface area (Å²) in [6, 6.07) is 0. The van der Waals surface area contributed by atoms with Gasteiger partial charge in [-0.15, -0.1) is 0 Å². The molecule has 26 heavy (non-hydrogen) atoms. The zero-order chi connectivity index (χ0) is 18.1. The zero-order valence-electron chi connectivity index (χ0n) is 14.9. The van der Waals surface area contributed by atoms with Gasteiger partial charge in [0.15, 0.2) is 5.60 Å². The van der Waals surface area contributed by atoms with Crippen molar-refractivity contribution in [3.05, 3.63) is 23.8 Å². The first-order chi connectivity index (χ1) is 12.5. The molecule has 0 bridgehead atoms. The molecule has 0 unspecified atom stereocenters. The van der Waals surface area contributed by atoms with Crippen LogP contribution in [0.1, 0.15) is 43.5 Å². The van der Waals surface area contributed by atoms with E-state index in [0.717, 1.165) is 5.69 Å². The van der Waals surface area contributed by atoms with Crippen molar-refractivity contribution in [2.75, 3.05) is 13.1 Å². The van der Waals surface area contributed by atoms with Crippen LogP contribution < -0.4 is 5.32 Å². The average molecular weight is 357 g/mol. The number of aromatic nitrogens is 2. The van der Waals surface area contributed by atoms with Gasteiger partial charge in [0.25, 0.3) is 5.91 Å². The van der Waals surface area contributed by atoms with Gasteiger partial charge in [0, 0.05) is 32.0 Å². The predicted octanol–water partition coefficient (Wildman–Crippen LogP) is 0.949. The number of carbonyl (C=O) groups is 2. The maximum absolute atomic E-state index is 12.3. The standard InChI is InChI=1S/C18H23N5O3/c1-12-8-20-14(9-19-12)10-21-17(25)15-7-18(26-22-15)4-5-23(11-18)16(24)6-13-2-3-13/h8-9,13H,2-7,10-11H2,1H3,(H,21,25)/t18-/m0/s1. The molecule has 138 valence electrons. The van der Waals surface area contributed by atoms with E-state index >= 15 is 0 Å². The van der Waals surface area contributed by atoms with Crippen LogP contribution in [-0.4, -0.2) is 51.1 Å². The molecule has 1 aromatic rings. The van der Waals surface area contributed by atoms with Crippen molar-refractivity contribution in [1.82, 2.24) is 20.2 Å². The Labute approximate surface area is 152 Å². The van der Waals surface area contributed by atoms with E-state index in [2.05, 4.69) is 20.4 Å². The summed E-state index contributed by atoms with van der Waals surface area (Å²) in [7, 11) is 0. The molecule has 1 N–H and O–H groups in total. The first kappa shape index (κ1) is 16.9. The van der Waals surface area contributed by atoms with Gasteiger partial charge in [0.2, 0.25) is 5.91 Å². The number of hydrogen-bond acceptors (Lipinski definition) is 6. The van der Waals surface area contributed by atoms with Gasteiger partial charge < -0.3 is 15.1 Å². The summed E-state index contributed by atoms with van der Waals surface area (Å²) in [5.74, 6) is 0.516. The smallest absolute Gasteiger partial charge is 0.269 e. The van der Waals surface area contributed by atoms with Crippen LogP contribution >= 0.6 is 0 Å². The minimum absolute atomic E-state index is 0.198. The number of nitrogens with zero attached hydrogens (tertiary/aromatic N) is 4. The monoisotopic (exact) mass is 357 g/mol. The molecule has 0 aromatic carbocycles. The van der Waals surface area contributed by atoms with Crippen LogP contribution in [0.4, 0.5) is 0 Å². The van der Waals surface area contributed by atoms with E-state index in [-0.39, 0.29) is 11.8 Å². The number of carbonyl (C=O) groups excluding carboxylic acids is 2. The fourth-order valence-electron chi connectivity index (χ4n) is 3.40. The Balaban J connectivity index is 1.28. The van der Waals surface area contributed by atoms with Crippen molar-refractivity contribution in [3.63, 3.8) is 0 Å². The van der Waals surface area contributed by atoms with Gasteiger partial charge in [0.05, 0.1) is 30.7 Å². The number of rotatable bonds is 5. The lowest BCUT2D eigenvalue weighted by atomic mass is 9.96. The van der Waals surface area contributed by atoms with Gasteiger partial charge in [-0.1, -0.05) is 5.16 Å². The SMILES string of the molecule is Cc1cnc(CNC(=O)C2=NO[C@@]3(CCN(C(=O)CC4CC4)C3)C2)cn1. The van der Waals surface area contributed by atoms with E-state index in [0.29, 0.717) is 56.2 Å². The summed E-state index contributed by atoms with van der Waals surface area (Å²) < 4.78 is 0. The fourth-order valence-corrected chi connectivity index (χ4v) is 3.40. The average Bonchev–Trinajstić information content (AvgIpc) is 3.20. The predicted molar refractivity (Wildman–Crippen MR) is 93.0 cm³/mol. The first-order valence-corrected chi connectivity index (χ1v) is 9.12. The van der Waals surface area contributed by atoms with Crippen LogP contribution in [0, 0.1) is 12.8 Å². The fraction of sp³-hybridized carbons (Fsp3) is 0.611. The van der Waals surface area contributed by atoms with E-state index in [9.17, 15) is 9.59 Å². The van der Waals surface area contributed by atoms with Gasteiger partial charge in [-0.25, -0.2) is 0 Å². The van der Waals surface area contributed by atoms with Gasteiger partial charge in [-0.2, -0.15) is 0 Å². The molecule has 2 amide bonds. The van der Waals surface area contributed by atoms with Crippen molar-refractivity contribution < 1.29 is 14.4 Å². The van der Waals surface area contributed by atoms with E-state index in [1.54, 1.807) is 12.4 Å². The minimum atomic E-state index is -0.532. The molecule has 1 saturated heterocycles. The number of hydrogen-bond donors (Lipinski definition) is 1. The summed E-state index contributed by atoms with van der Waals surface area (Å²) >= 11 is 0. The van der Waals surface area contributed by atoms with Gasteiger partial charge in [-0.05, 0) is 25.7 Å². The maximum atomic E-state index is 12.3. The largest absolute Gasteiger partial charge is 0.386 e. The molecule has 1 spiro atoms. The topological polar surface area (TPSA) is 96.8 Å². The Kier molecular flexibility index (Phi) is 4.34. The normalized spacial score (nSPS) is 24.5. The lowest BCUT2D eigenvalue weighted by molar-refractivity contribution is -0.131. The van der Waals surface area contributed by atoms with E-state index in [1.165, 1.54) is 12.8 Å². The molecule has 1 saturated carbocycles. The maximum Gasteiger partial charge on any atom is 0.269 e. The lowest BCUT2D eigenvalue weighted by Crippen LogP contribution is -2.38. The number of oxime groups is 1. The van der Waals surface area contributed by atoms with E-state index in [1.807, 2.05) is 11.8 Å². The van der Waals surface area contributed by atoms with Gasteiger partial charge >= 0.3 is 0 Å². The molecule has 0 radical (unpaired) electrons. The number of nitrogens with one attached hydrogen (secondary N) is 1. The molecule has 8 nitrogen and oxygen atoms in total. The lowest BCUT2D eigenvalue weighted by Gasteiger charge is -2.21. The molecule has 8 heteroatoms. The van der Waals surface area contributed by atoms with Crippen molar-refractivity contribution in [2.45, 2.75) is 51.2 Å². The molecule has 3 aliphatic rings. The van der Waals surface area contributed by atoms with Gasteiger partial charge in [-0.3, -0.25) is 19.6 Å². The second kappa shape index (κ2) is 6.66. The van der Waals surface area contributed by atoms with Crippen molar-refractivity contribution in [2.24, 2.45) is 11.1 Å². The molecular weight excluding hydrogens is 334 g/mol. The van der Waals surface area contributed by atoms with E-state index < -0.39 is 5.60 Å². The third kappa shape index (κ3) is 3.68. The summed E-state index contributed by atoms with van der Waals surface area (Å²) in [6.45, 7) is 3.35. The van der Waals surface area contributed by atoms with E-state index in [4.69, 9.17) is 4.84 Å². The van der Waals surface area contributed by atoms with Crippen LogP contribution in [0.15, 0.2) is 17.5 Å². The number of aryl methyl sites for hydroxylation is 1. The highest BCUT2D eigenvalue weighted by molar-refractivity contribution is 6.39. The molecule has 2 fully saturated rings. The highest BCUT2D eigenvalue weighted by atomic mass is 16.7. The Bertz CT molecular complexity index is 744. The van der Waals surface area contributed by atoms with Crippen LogP contribution in [-0.2, 0) is 21.0 Å². The Hall–Kier alpha value is -2.51. The summed E-state index contributed by atoms with van der Waals surface area (Å²) in [5.41, 5.74) is 1.37. The van der Waals surface area contributed by atoms with Gasteiger partial charge in [0.1, 0.15) is 5.71 Å². The summed E-state index contributed by atoms with van der Waals surface area (Å²) in [4.78, 5) is 40.5. The third-order valence-corrected chi connectivity index (χ3v) is 5.19. The molecule has 1 aliphatic carbocycles. The van der Waals surface area contributed by atoms with Crippen molar-refractivity contribution >= 4 is 17.5 Å². The summed E-state index contributed by atoms with van der Waals surface area (Å²) in [5, 5.41) is 6.80. The second-order valence-corrected chi connectivity index (χ2v) is 7.53. The zero-order valence-corrected chi connectivity index (χ0v) is 14.9. The molecule has 3 heterocycles. The Morgan fingerprint density at radius 1 is 1.35 bits per heavy atom. The molecule has 4 rings (SSSR count). The first-order valence-electron chi connectivity index (χ1n) is 9.12. The molecule has 1 aromatic heterocycles. The highest BCUT2D eigenvalue weighted by Gasteiger charge is 2.48. The highest BCUT2D eigenvalue weighted by Crippen LogP contribution is 2.37. The van der Waals surface area contributed by atoms with Crippen molar-refractivity contribution in [1.29, 1.82) is 0 Å². The minimum Gasteiger partial charge on any atom is -0.386 e. The second-order valence-electron chi connectivity index (χ2n) is 7.53. The Morgan fingerprint density at radius 3 is 2.92 bits per heavy atom. The quantitative estimate of drug-likeness (QED) is 0.846.